The molecule has 0 N–H and O–H groups in total. The monoisotopic (exact) mass is 440 g/mol. The molecule has 0 saturated carbocycles. The van der Waals surface area contributed by atoms with E-state index in [4.69, 9.17) is 9.47 Å². The molecule has 0 radical (unpaired) electrons. The van der Waals surface area contributed by atoms with E-state index in [9.17, 15) is 14.0 Å². The largest absolute Gasteiger partial charge is 0.444 e. The third-order valence-electron chi connectivity index (χ3n) is 5.77. The summed E-state index contributed by atoms with van der Waals surface area (Å²) in [4.78, 5) is 28.8. The van der Waals surface area contributed by atoms with Crippen LogP contribution in [0, 0.1) is 5.82 Å². The molecule has 2 atom stereocenters. The lowest BCUT2D eigenvalue weighted by Gasteiger charge is -2.37. The van der Waals surface area contributed by atoms with Gasteiger partial charge in [0.25, 0.3) is 0 Å². The fourth-order valence-electron chi connectivity index (χ4n) is 4.29. The number of ether oxygens (including phenoxy) is 2. The minimum atomic E-state index is -0.574. The lowest BCUT2D eigenvalue weighted by Crippen LogP contribution is -2.43. The van der Waals surface area contributed by atoms with Gasteiger partial charge >= 0.3 is 12.2 Å². The molecule has 6 nitrogen and oxygen atoms in total. The van der Waals surface area contributed by atoms with Crippen LogP contribution >= 0.6 is 0 Å². The highest BCUT2D eigenvalue weighted by Gasteiger charge is 2.36. The summed E-state index contributed by atoms with van der Waals surface area (Å²) in [6, 6.07) is 13.9. The lowest BCUT2D eigenvalue weighted by atomic mass is 9.88. The van der Waals surface area contributed by atoms with E-state index >= 15 is 0 Å². The Bertz CT molecular complexity index is 986. The zero-order valence-corrected chi connectivity index (χ0v) is 18.7. The van der Waals surface area contributed by atoms with Crippen LogP contribution in [-0.2, 0) is 15.9 Å². The summed E-state index contributed by atoms with van der Waals surface area (Å²) in [5.74, 6) is -0.319. The first kappa shape index (κ1) is 22.1. The second-order valence-corrected chi connectivity index (χ2v) is 9.32. The summed E-state index contributed by atoms with van der Waals surface area (Å²) >= 11 is 0. The molecular formula is C25H29FN2O4. The quantitative estimate of drug-likeness (QED) is 0.665. The van der Waals surface area contributed by atoms with Crippen molar-refractivity contribution in [1.82, 2.24) is 9.80 Å². The van der Waals surface area contributed by atoms with Crippen LogP contribution in [-0.4, -0.2) is 53.3 Å². The molecule has 32 heavy (non-hydrogen) atoms. The molecule has 7 heteroatoms. The second kappa shape index (κ2) is 8.81. The zero-order valence-electron chi connectivity index (χ0n) is 18.7. The van der Waals surface area contributed by atoms with Crippen LogP contribution in [0.1, 0.15) is 49.9 Å². The number of fused-ring (bicyclic) bond motifs is 1. The topological polar surface area (TPSA) is 59.1 Å². The maximum absolute atomic E-state index is 13.5. The van der Waals surface area contributed by atoms with E-state index in [0.717, 1.165) is 17.5 Å². The predicted molar refractivity (Wildman–Crippen MR) is 118 cm³/mol. The van der Waals surface area contributed by atoms with Crippen LogP contribution in [0.15, 0.2) is 48.5 Å². The molecule has 2 amide bonds. The van der Waals surface area contributed by atoms with Crippen LogP contribution in [0.25, 0.3) is 0 Å². The molecule has 2 aliphatic rings. The maximum Gasteiger partial charge on any atom is 0.410 e. The van der Waals surface area contributed by atoms with Gasteiger partial charge in [-0.25, -0.2) is 14.0 Å². The van der Waals surface area contributed by atoms with Gasteiger partial charge in [0, 0.05) is 19.5 Å². The van der Waals surface area contributed by atoms with Gasteiger partial charge in [0.1, 0.15) is 17.5 Å². The minimum absolute atomic E-state index is 0.312. The van der Waals surface area contributed by atoms with Crippen molar-refractivity contribution in [1.29, 1.82) is 0 Å². The highest BCUT2D eigenvalue weighted by atomic mass is 19.1. The Kier molecular flexibility index (Phi) is 6.09. The van der Waals surface area contributed by atoms with E-state index in [0.29, 0.717) is 26.1 Å². The lowest BCUT2D eigenvalue weighted by molar-refractivity contribution is 0.0230. The van der Waals surface area contributed by atoms with Gasteiger partial charge < -0.3 is 14.4 Å². The van der Waals surface area contributed by atoms with Crippen molar-refractivity contribution in [2.24, 2.45) is 0 Å². The van der Waals surface area contributed by atoms with Gasteiger partial charge in [-0.05, 0) is 56.0 Å². The van der Waals surface area contributed by atoms with Crippen molar-refractivity contribution in [2.75, 3.05) is 19.6 Å². The van der Waals surface area contributed by atoms with Gasteiger partial charge in [-0.15, -0.1) is 0 Å². The first-order valence-corrected chi connectivity index (χ1v) is 11.0. The summed E-state index contributed by atoms with van der Waals surface area (Å²) in [5.41, 5.74) is 2.44. The van der Waals surface area contributed by atoms with Crippen molar-refractivity contribution in [3.63, 3.8) is 0 Å². The number of hydrogen-bond donors (Lipinski definition) is 0. The summed E-state index contributed by atoms with van der Waals surface area (Å²) in [6.45, 7) is 6.76. The fraction of sp³-hybridized carbons (Fsp3) is 0.440. The smallest absolute Gasteiger partial charge is 0.410 e. The Labute approximate surface area is 187 Å². The van der Waals surface area contributed by atoms with Crippen molar-refractivity contribution in [3.05, 3.63) is 71.0 Å². The van der Waals surface area contributed by atoms with Gasteiger partial charge in [-0.3, -0.25) is 4.90 Å². The minimum Gasteiger partial charge on any atom is -0.444 e. The molecule has 2 aromatic rings. The molecule has 1 fully saturated rings. The number of rotatable bonds is 2. The Morgan fingerprint density at radius 3 is 2.44 bits per heavy atom. The highest BCUT2D eigenvalue weighted by molar-refractivity contribution is 5.71. The van der Waals surface area contributed by atoms with Gasteiger partial charge in [0.2, 0.25) is 0 Å². The molecule has 2 aromatic carbocycles. The maximum atomic E-state index is 13.5. The van der Waals surface area contributed by atoms with Gasteiger partial charge in [0.15, 0.2) is 0 Å². The Morgan fingerprint density at radius 1 is 1.00 bits per heavy atom. The summed E-state index contributed by atoms with van der Waals surface area (Å²) in [5, 5.41) is 0. The highest BCUT2D eigenvalue weighted by Crippen LogP contribution is 2.36. The van der Waals surface area contributed by atoms with Crippen LogP contribution in [0.4, 0.5) is 14.0 Å². The average Bonchev–Trinajstić information content (AvgIpc) is 3.21. The van der Waals surface area contributed by atoms with Crippen LogP contribution < -0.4 is 0 Å². The van der Waals surface area contributed by atoms with E-state index in [1.165, 1.54) is 17.7 Å². The second-order valence-electron chi connectivity index (χ2n) is 9.32. The number of benzene rings is 2. The zero-order chi connectivity index (χ0) is 22.9. The summed E-state index contributed by atoms with van der Waals surface area (Å²) in [6.07, 6.45) is 0.0759. The van der Waals surface area contributed by atoms with E-state index in [1.807, 2.05) is 39.0 Å². The standard InChI is InChI=1S/C25H29FN2O4/c1-25(2,3)32-23(29)27-14-13-20(16-27)31-24(30)28-15-12-17-6-4-5-7-21(17)22(28)18-8-10-19(26)11-9-18/h4-11,20,22H,12-16H2,1-3H3/t20-,22-/m1/s1. The van der Waals surface area contributed by atoms with E-state index < -0.39 is 17.8 Å². The number of hydrogen-bond acceptors (Lipinski definition) is 4. The number of nitrogens with zero attached hydrogens (tertiary/aromatic N) is 2. The molecule has 2 heterocycles. The van der Waals surface area contributed by atoms with Crippen molar-refractivity contribution < 1.29 is 23.5 Å². The number of halogens is 1. The van der Waals surface area contributed by atoms with Crippen molar-refractivity contribution in [3.8, 4) is 0 Å². The molecule has 0 spiro atoms. The van der Waals surface area contributed by atoms with E-state index in [-0.39, 0.29) is 18.0 Å². The molecule has 4 rings (SSSR count). The molecule has 0 aliphatic carbocycles. The Morgan fingerprint density at radius 2 is 1.72 bits per heavy atom. The first-order valence-electron chi connectivity index (χ1n) is 11.0. The van der Waals surface area contributed by atoms with Crippen molar-refractivity contribution >= 4 is 12.2 Å². The Balaban J connectivity index is 1.49. The molecule has 0 unspecified atom stereocenters. The fourth-order valence-corrected chi connectivity index (χ4v) is 4.29. The third kappa shape index (κ3) is 4.87. The van der Waals surface area contributed by atoms with Gasteiger partial charge in [-0.1, -0.05) is 36.4 Å². The third-order valence-corrected chi connectivity index (χ3v) is 5.77. The van der Waals surface area contributed by atoms with Crippen LogP contribution in [0.3, 0.4) is 0 Å². The SMILES string of the molecule is CC(C)(C)OC(=O)N1CC[C@@H](OC(=O)N2CCc3ccccc3[C@H]2c2ccc(F)cc2)C1. The number of likely N-dealkylation sites (tertiary alicyclic amines) is 1. The molecular weight excluding hydrogens is 411 g/mol. The molecule has 170 valence electrons. The first-order chi connectivity index (χ1) is 15.2. The number of carbonyl (C=O) groups excluding carboxylic acids is 2. The molecule has 0 aromatic heterocycles. The molecule has 0 bridgehead atoms. The number of carbonyl (C=O) groups is 2. The predicted octanol–water partition coefficient (Wildman–Crippen LogP) is 4.92. The van der Waals surface area contributed by atoms with E-state index in [1.54, 1.807) is 21.9 Å². The number of amides is 2. The Hall–Kier alpha value is -3.09. The normalized spacial score (nSPS) is 20.6. The van der Waals surface area contributed by atoms with Gasteiger partial charge in [0.05, 0.1) is 12.6 Å². The van der Waals surface area contributed by atoms with Crippen LogP contribution in [0.5, 0.6) is 0 Å². The summed E-state index contributed by atoms with van der Waals surface area (Å²) < 4.78 is 24.8. The van der Waals surface area contributed by atoms with Gasteiger partial charge in [-0.2, -0.15) is 0 Å². The van der Waals surface area contributed by atoms with Crippen LogP contribution in [0.2, 0.25) is 0 Å². The molecule has 1 saturated heterocycles. The van der Waals surface area contributed by atoms with E-state index in [2.05, 4.69) is 6.07 Å². The summed E-state index contributed by atoms with van der Waals surface area (Å²) in [7, 11) is 0. The molecule has 2 aliphatic heterocycles. The average molecular weight is 441 g/mol. The van der Waals surface area contributed by atoms with Crippen molar-refractivity contribution in [2.45, 2.75) is 51.4 Å².